The van der Waals surface area contributed by atoms with Gasteiger partial charge in [-0.2, -0.15) is 0 Å². The summed E-state index contributed by atoms with van der Waals surface area (Å²) in [5.41, 5.74) is 1.04. The van der Waals surface area contributed by atoms with Gasteiger partial charge in [-0.05, 0) is 48.3 Å². The van der Waals surface area contributed by atoms with Crippen LogP contribution in [0.3, 0.4) is 0 Å². The molecule has 0 spiro atoms. The Balaban J connectivity index is 1.66. The number of halogens is 4. The van der Waals surface area contributed by atoms with Gasteiger partial charge in [-0.3, -0.25) is 4.79 Å². The van der Waals surface area contributed by atoms with Crippen LogP contribution in [0.2, 0.25) is 5.02 Å². The number of benzene rings is 2. The van der Waals surface area contributed by atoms with E-state index in [9.17, 15) is 18.0 Å². The summed E-state index contributed by atoms with van der Waals surface area (Å²) >= 11 is 7.32. The van der Waals surface area contributed by atoms with Crippen molar-refractivity contribution in [2.45, 2.75) is 11.3 Å². The Bertz CT molecular complexity index is 800. The van der Waals surface area contributed by atoms with E-state index in [0.717, 1.165) is 11.9 Å². The predicted molar refractivity (Wildman–Crippen MR) is 88.2 cm³/mol. The Hall–Kier alpha value is -2.26. The molecule has 1 aliphatic rings. The first-order valence-corrected chi connectivity index (χ1v) is 8.04. The van der Waals surface area contributed by atoms with Gasteiger partial charge in [0.2, 0.25) is 0 Å². The molecule has 5 nitrogen and oxygen atoms in total. The number of amides is 1. The lowest BCUT2D eigenvalue weighted by Crippen LogP contribution is -2.25. The molecule has 132 valence electrons. The van der Waals surface area contributed by atoms with E-state index in [0.29, 0.717) is 27.0 Å². The zero-order valence-electron chi connectivity index (χ0n) is 12.3. The van der Waals surface area contributed by atoms with Gasteiger partial charge in [0.05, 0.1) is 15.6 Å². The second-order valence-electron chi connectivity index (χ2n) is 4.89. The Morgan fingerprint density at radius 3 is 2.64 bits per heavy atom. The number of nitrogens with one attached hydrogen (secondary N) is 2. The average molecular weight is 391 g/mol. The molecule has 0 saturated carbocycles. The van der Waals surface area contributed by atoms with Crippen LogP contribution in [0, 0.1) is 0 Å². The van der Waals surface area contributed by atoms with E-state index in [-0.39, 0.29) is 18.3 Å². The highest BCUT2D eigenvalue weighted by molar-refractivity contribution is 8.00. The lowest BCUT2D eigenvalue weighted by atomic mass is 10.2. The molecule has 0 bridgehead atoms. The highest BCUT2D eigenvalue weighted by Crippen LogP contribution is 2.38. The van der Waals surface area contributed by atoms with Crippen LogP contribution in [0.4, 0.5) is 24.5 Å². The highest BCUT2D eigenvalue weighted by Gasteiger charge is 2.30. The molecule has 1 aliphatic heterocycles. The number of hydrogen-bond acceptors (Lipinski definition) is 5. The molecule has 0 aromatic heterocycles. The summed E-state index contributed by atoms with van der Waals surface area (Å²) < 4.78 is 48.4. The molecular weight excluding hydrogens is 381 g/mol. The molecule has 0 aliphatic carbocycles. The smallest absolute Gasteiger partial charge is 0.482 e. The Morgan fingerprint density at radius 1 is 1.24 bits per heavy atom. The first-order valence-electron chi connectivity index (χ1n) is 6.85. The third-order valence-electron chi connectivity index (χ3n) is 3.03. The molecule has 1 amide bonds. The fourth-order valence-electron chi connectivity index (χ4n) is 2.00. The second kappa shape index (κ2) is 6.93. The second-order valence-corrected chi connectivity index (χ2v) is 6.15. The van der Waals surface area contributed by atoms with E-state index >= 15 is 0 Å². The number of carbonyl (C=O) groups is 1. The number of rotatable bonds is 4. The summed E-state index contributed by atoms with van der Waals surface area (Å²) in [6.07, 6.45) is -4.73. The molecule has 10 heteroatoms. The van der Waals surface area contributed by atoms with E-state index in [1.807, 2.05) is 0 Å². The minimum absolute atomic E-state index is 0.0766. The summed E-state index contributed by atoms with van der Waals surface area (Å²) in [6, 6.07) is 8.51. The predicted octanol–water partition coefficient (Wildman–Crippen LogP) is 4.69. The Kier molecular flexibility index (Phi) is 4.87. The van der Waals surface area contributed by atoms with E-state index in [2.05, 4.69) is 14.8 Å². The molecule has 2 aromatic rings. The van der Waals surface area contributed by atoms with Crippen molar-refractivity contribution in [2.75, 3.05) is 16.6 Å². The lowest BCUT2D eigenvalue weighted by molar-refractivity contribution is -0.274. The molecule has 2 aromatic carbocycles. The Morgan fingerprint density at radius 2 is 1.96 bits per heavy atom. The summed E-state index contributed by atoms with van der Waals surface area (Å²) in [4.78, 5) is 11.9. The maximum absolute atomic E-state index is 12.1. The van der Waals surface area contributed by atoms with Gasteiger partial charge < -0.3 is 19.5 Å². The molecule has 2 N–H and O–H groups in total. The number of fused-ring (bicyclic) bond motifs is 1. The van der Waals surface area contributed by atoms with E-state index in [1.54, 1.807) is 12.1 Å². The number of alkyl halides is 3. The van der Waals surface area contributed by atoms with Gasteiger partial charge in [-0.1, -0.05) is 11.6 Å². The van der Waals surface area contributed by atoms with Crippen LogP contribution in [-0.4, -0.2) is 18.9 Å². The van der Waals surface area contributed by atoms with Gasteiger partial charge in [-0.25, -0.2) is 0 Å². The molecule has 0 atom stereocenters. The number of ether oxygens (including phenoxy) is 2. The number of hydrogen-bond donors (Lipinski definition) is 2. The summed E-state index contributed by atoms with van der Waals surface area (Å²) in [5, 5.41) is 3.03. The van der Waals surface area contributed by atoms with Gasteiger partial charge in [0.1, 0.15) is 11.5 Å². The van der Waals surface area contributed by atoms with E-state index in [4.69, 9.17) is 16.3 Å². The van der Waals surface area contributed by atoms with Crippen molar-refractivity contribution in [2.24, 2.45) is 0 Å². The van der Waals surface area contributed by atoms with E-state index in [1.165, 1.54) is 24.3 Å². The highest BCUT2D eigenvalue weighted by atomic mass is 35.5. The van der Waals surface area contributed by atoms with Crippen molar-refractivity contribution in [3.8, 4) is 11.5 Å². The molecule has 0 saturated heterocycles. The van der Waals surface area contributed by atoms with Crippen LogP contribution >= 0.6 is 23.5 Å². The normalized spacial score (nSPS) is 13.5. The maximum atomic E-state index is 12.1. The van der Waals surface area contributed by atoms with Gasteiger partial charge >= 0.3 is 6.36 Å². The van der Waals surface area contributed by atoms with Crippen molar-refractivity contribution < 1.29 is 27.4 Å². The minimum Gasteiger partial charge on any atom is -0.482 e. The average Bonchev–Trinajstić information content (AvgIpc) is 2.53. The fraction of sp³-hybridized carbons (Fsp3) is 0.133. The lowest BCUT2D eigenvalue weighted by Gasteiger charge is -2.19. The van der Waals surface area contributed by atoms with Gasteiger partial charge in [0.25, 0.3) is 5.91 Å². The number of anilines is 2. The molecular formula is C15H10ClF3N2O3S. The monoisotopic (exact) mass is 390 g/mol. The molecule has 0 unspecified atom stereocenters. The molecule has 3 rings (SSSR count). The van der Waals surface area contributed by atoms with Crippen LogP contribution in [0.5, 0.6) is 11.5 Å². The van der Waals surface area contributed by atoms with Gasteiger partial charge in [0.15, 0.2) is 6.61 Å². The summed E-state index contributed by atoms with van der Waals surface area (Å²) in [5.74, 6) is -0.0792. The van der Waals surface area contributed by atoms with Crippen LogP contribution in [0.25, 0.3) is 0 Å². The van der Waals surface area contributed by atoms with Crippen LogP contribution in [0.15, 0.2) is 41.3 Å². The molecule has 1 heterocycles. The molecule has 0 fully saturated rings. The Labute approximate surface area is 149 Å². The quantitative estimate of drug-likeness (QED) is 0.742. The van der Waals surface area contributed by atoms with E-state index < -0.39 is 6.36 Å². The van der Waals surface area contributed by atoms with Crippen molar-refractivity contribution in [1.29, 1.82) is 0 Å². The standard InChI is InChI=1S/C15H10ClF3N2O3S/c16-10-5-11-12(23-7-14(22)20-11)6-13(10)25-21-8-1-3-9(4-2-8)24-15(17,18)19/h1-6,21H,7H2,(H,20,22). The third-order valence-corrected chi connectivity index (χ3v) is 4.35. The minimum atomic E-state index is -4.73. The van der Waals surface area contributed by atoms with Crippen LogP contribution in [-0.2, 0) is 4.79 Å². The topological polar surface area (TPSA) is 59.6 Å². The van der Waals surface area contributed by atoms with Crippen molar-refractivity contribution in [3.05, 3.63) is 41.4 Å². The van der Waals surface area contributed by atoms with Crippen molar-refractivity contribution in [1.82, 2.24) is 0 Å². The first-order chi connectivity index (χ1) is 11.8. The zero-order valence-corrected chi connectivity index (χ0v) is 13.9. The zero-order chi connectivity index (χ0) is 18.0. The van der Waals surface area contributed by atoms with Crippen LogP contribution in [0.1, 0.15) is 0 Å². The van der Waals surface area contributed by atoms with Crippen LogP contribution < -0.4 is 19.5 Å². The third kappa shape index (κ3) is 4.64. The van der Waals surface area contributed by atoms with Crippen molar-refractivity contribution >= 4 is 40.8 Å². The maximum Gasteiger partial charge on any atom is 0.573 e. The largest absolute Gasteiger partial charge is 0.573 e. The summed E-state index contributed by atoms with van der Waals surface area (Å²) in [6.45, 7) is -0.0766. The van der Waals surface area contributed by atoms with Gasteiger partial charge in [0, 0.05) is 5.69 Å². The molecule has 0 radical (unpaired) electrons. The SMILES string of the molecule is O=C1COc2cc(SNc3ccc(OC(F)(F)F)cc3)c(Cl)cc2N1. The summed E-state index contributed by atoms with van der Waals surface area (Å²) in [7, 11) is 0. The van der Waals surface area contributed by atoms with Crippen molar-refractivity contribution in [3.63, 3.8) is 0 Å². The van der Waals surface area contributed by atoms with Gasteiger partial charge in [-0.15, -0.1) is 13.2 Å². The molecule has 25 heavy (non-hydrogen) atoms. The first kappa shape index (κ1) is 17.6. The number of carbonyl (C=O) groups excluding carboxylic acids is 1. The fourth-order valence-corrected chi connectivity index (χ4v) is 2.96.